The lowest BCUT2D eigenvalue weighted by molar-refractivity contribution is 0.414. The van der Waals surface area contributed by atoms with Crippen molar-refractivity contribution in [3.63, 3.8) is 0 Å². The molecule has 1 heterocycles. The van der Waals surface area contributed by atoms with Crippen LogP contribution in [0.2, 0.25) is 0 Å². The van der Waals surface area contributed by atoms with E-state index in [9.17, 15) is 0 Å². The molecule has 3 rings (SSSR count). The molecule has 3 aromatic rings. The lowest BCUT2D eigenvalue weighted by Crippen LogP contribution is -2.09. The summed E-state index contributed by atoms with van der Waals surface area (Å²) >= 11 is 0. The van der Waals surface area contributed by atoms with Crippen LogP contribution in [0.25, 0.3) is 0 Å². The van der Waals surface area contributed by atoms with Gasteiger partial charge in [-0.2, -0.15) is 0 Å². The molecule has 6 nitrogen and oxygen atoms in total. The minimum absolute atomic E-state index is 0.800. The van der Waals surface area contributed by atoms with E-state index in [1.54, 1.807) is 20.5 Å². The highest BCUT2D eigenvalue weighted by Gasteiger charge is 2.00. The van der Waals surface area contributed by atoms with Crippen LogP contribution in [0.15, 0.2) is 60.9 Å². The Morgan fingerprint density at radius 3 is 1.50 bits per heavy atom. The number of rotatable bonds is 10. The van der Waals surface area contributed by atoms with Crippen LogP contribution in [0.4, 0.5) is 11.6 Å². The van der Waals surface area contributed by atoms with E-state index in [1.165, 1.54) is 11.1 Å². The molecule has 0 radical (unpaired) electrons. The van der Waals surface area contributed by atoms with Crippen LogP contribution in [0.3, 0.4) is 0 Å². The third-order valence-electron chi connectivity index (χ3n) is 4.42. The molecular weight excluding hydrogens is 352 g/mol. The van der Waals surface area contributed by atoms with Gasteiger partial charge < -0.3 is 20.1 Å². The largest absolute Gasteiger partial charge is 0.497 e. The van der Waals surface area contributed by atoms with Gasteiger partial charge in [0.25, 0.3) is 0 Å². The molecule has 0 fully saturated rings. The highest BCUT2D eigenvalue weighted by Crippen LogP contribution is 2.14. The summed E-state index contributed by atoms with van der Waals surface area (Å²) in [5.41, 5.74) is 2.50. The second kappa shape index (κ2) is 10.2. The first-order chi connectivity index (χ1) is 13.8. The fourth-order valence-electron chi connectivity index (χ4n) is 2.80. The van der Waals surface area contributed by atoms with Gasteiger partial charge in [-0.3, -0.25) is 0 Å². The van der Waals surface area contributed by atoms with Crippen LogP contribution in [-0.2, 0) is 12.8 Å². The predicted molar refractivity (Wildman–Crippen MR) is 112 cm³/mol. The molecule has 6 heteroatoms. The van der Waals surface area contributed by atoms with Crippen LogP contribution in [0.1, 0.15) is 11.1 Å². The van der Waals surface area contributed by atoms with Gasteiger partial charge in [0.05, 0.1) is 14.2 Å². The summed E-state index contributed by atoms with van der Waals surface area (Å²) < 4.78 is 10.4. The zero-order chi connectivity index (χ0) is 19.6. The third-order valence-corrected chi connectivity index (χ3v) is 4.42. The van der Waals surface area contributed by atoms with E-state index in [1.807, 2.05) is 30.3 Å². The van der Waals surface area contributed by atoms with Gasteiger partial charge in [0.1, 0.15) is 29.5 Å². The van der Waals surface area contributed by atoms with Gasteiger partial charge >= 0.3 is 0 Å². The Morgan fingerprint density at radius 2 is 1.11 bits per heavy atom. The highest BCUT2D eigenvalue weighted by atomic mass is 16.5. The normalized spacial score (nSPS) is 10.4. The second-order valence-electron chi connectivity index (χ2n) is 6.34. The van der Waals surface area contributed by atoms with Gasteiger partial charge in [0, 0.05) is 19.2 Å². The van der Waals surface area contributed by atoms with Crippen molar-refractivity contribution in [2.45, 2.75) is 12.8 Å². The summed E-state index contributed by atoms with van der Waals surface area (Å²) in [5, 5.41) is 6.69. The lowest BCUT2D eigenvalue weighted by atomic mass is 10.1. The zero-order valence-electron chi connectivity index (χ0n) is 16.3. The second-order valence-corrected chi connectivity index (χ2v) is 6.34. The number of hydrogen-bond acceptors (Lipinski definition) is 6. The first-order valence-corrected chi connectivity index (χ1v) is 9.32. The van der Waals surface area contributed by atoms with Crippen LogP contribution in [0, 0.1) is 0 Å². The minimum Gasteiger partial charge on any atom is -0.497 e. The quantitative estimate of drug-likeness (QED) is 0.559. The number of anilines is 2. The summed E-state index contributed by atoms with van der Waals surface area (Å²) in [5.74, 6) is 3.38. The molecule has 0 unspecified atom stereocenters. The van der Waals surface area contributed by atoms with Crippen molar-refractivity contribution in [3.05, 3.63) is 72.1 Å². The van der Waals surface area contributed by atoms with Gasteiger partial charge in [-0.1, -0.05) is 24.3 Å². The van der Waals surface area contributed by atoms with Gasteiger partial charge in [-0.15, -0.1) is 0 Å². The van der Waals surface area contributed by atoms with E-state index in [4.69, 9.17) is 9.47 Å². The SMILES string of the molecule is COc1ccc(CCNc2cc(NCCc3ccc(OC)cc3)ncn2)cc1. The lowest BCUT2D eigenvalue weighted by Gasteiger charge is -2.09. The first kappa shape index (κ1) is 19.5. The third kappa shape index (κ3) is 5.87. The van der Waals surface area contributed by atoms with Crippen molar-refractivity contribution >= 4 is 11.6 Å². The molecular formula is C22H26N4O2. The Kier molecular flexibility index (Phi) is 7.07. The Bertz CT molecular complexity index is 782. The number of ether oxygens (including phenoxy) is 2. The Hall–Kier alpha value is -3.28. The number of aromatic nitrogens is 2. The molecule has 0 aliphatic carbocycles. The van der Waals surface area contributed by atoms with Crippen molar-refractivity contribution in [1.29, 1.82) is 0 Å². The topological polar surface area (TPSA) is 68.3 Å². The molecule has 0 amide bonds. The molecule has 0 aliphatic heterocycles. The summed E-state index contributed by atoms with van der Waals surface area (Å²) in [7, 11) is 3.35. The van der Waals surface area contributed by atoms with Crippen LogP contribution < -0.4 is 20.1 Å². The zero-order valence-corrected chi connectivity index (χ0v) is 16.3. The van der Waals surface area contributed by atoms with Crippen molar-refractivity contribution < 1.29 is 9.47 Å². The molecule has 1 aromatic heterocycles. The summed E-state index contributed by atoms with van der Waals surface area (Å²) in [6.07, 6.45) is 3.40. The molecule has 0 atom stereocenters. The highest BCUT2D eigenvalue weighted by molar-refractivity contribution is 5.46. The van der Waals surface area contributed by atoms with E-state index in [0.29, 0.717) is 0 Å². The minimum atomic E-state index is 0.800. The molecule has 146 valence electrons. The van der Waals surface area contributed by atoms with Crippen molar-refractivity contribution in [3.8, 4) is 11.5 Å². The van der Waals surface area contributed by atoms with Gasteiger partial charge in [0.2, 0.25) is 0 Å². The van der Waals surface area contributed by atoms with Crippen LogP contribution >= 0.6 is 0 Å². The van der Waals surface area contributed by atoms with E-state index in [-0.39, 0.29) is 0 Å². The molecule has 0 spiro atoms. The molecule has 2 aromatic carbocycles. The average molecular weight is 378 g/mol. The average Bonchev–Trinajstić information content (AvgIpc) is 2.75. The van der Waals surface area contributed by atoms with Crippen LogP contribution in [-0.4, -0.2) is 37.3 Å². The Balaban J connectivity index is 1.43. The summed E-state index contributed by atoms with van der Waals surface area (Å²) in [6.45, 7) is 1.60. The van der Waals surface area contributed by atoms with Crippen molar-refractivity contribution in [2.75, 3.05) is 37.9 Å². The van der Waals surface area contributed by atoms with Gasteiger partial charge in [-0.05, 0) is 48.2 Å². The maximum Gasteiger partial charge on any atom is 0.131 e. The van der Waals surface area contributed by atoms with E-state index >= 15 is 0 Å². The van der Waals surface area contributed by atoms with E-state index in [0.717, 1.165) is 49.1 Å². The van der Waals surface area contributed by atoms with Gasteiger partial charge in [0.15, 0.2) is 0 Å². The maximum atomic E-state index is 5.18. The molecule has 0 bridgehead atoms. The van der Waals surface area contributed by atoms with E-state index < -0.39 is 0 Å². The number of nitrogens with one attached hydrogen (secondary N) is 2. The van der Waals surface area contributed by atoms with E-state index in [2.05, 4.69) is 44.9 Å². The van der Waals surface area contributed by atoms with Gasteiger partial charge in [-0.25, -0.2) is 9.97 Å². The van der Waals surface area contributed by atoms with Crippen molar-refractivity contribution in [2.24, 2.45) is 0 Å². The monoisotopic (exact) mass is 378 g/mol. The molecule has 0 saturated carbocycles. The maximum absolute atomic E-state index is 5.18. The number of methoxy groups -OCH3 is 2. The Labute approximate surface area is 166 Å². The summed E-state index contributed by atoms with van der Waals surface area (Å²) in [6, 6.07) is 18.1. The standard InChI is InChI=1S/C22H26N4O2/c1-27-19-7-3-17(4-8-19)11-13-23-21-15-22(26-16-25-21)24-14-12-18-5-9-20(28-2)10-6-18/h3-10,15-16H,11-14H2,1-2H3,(H2,23,24,25,26). The Morgan fingerprint density at radius 1 is 0.679 bits per heavy atom. The smallest absolute Gasteiger partial charge is 0.131 e. The van der Waals surface area contributed by atoms with Crippen LogP contribution in [0.5, 0.6) is 11.5 Å². The number of benzene rings is 2. The first-order valence-electron chi connectivity index (χ1n) is 9.32. The fourth-order valence-corrected chi connectivity index (χ4v) is 2.80. The predicted octanol–water partition coefficient (Wildman–Crippen LogP) is 3.80. The fraction of sp³-hybridized carbons (Fsp3) is 0.273. The molecule has 2 N–H and O–H groups in total. The molecule has 28 heavy (non-hydrogen) atoms. The number of nitrogens with zero attached hydrogens (tertiary/aromatic N) is 2. The molecule has 0 saturated heterocycles. The molecule has 0 aliphatic rings. The number of hydrogen-bond donors (Lipinski definition) is 2. The van der Waals surface area contributed by atoms with Crippen molar-refractivity contribution in [1.82, 2.24) is 9.97 Å². The summed E-state index contributed by atoms with van der Waals surface area (Å²) in [4.78, 5) is 8.57.